The fourth-order valence-electron chi connectivity index (χ4n) is 2.94. The summed E-state index contributed by atoms with van der Waals surface area (Å²) in [5.74, 6) is 2.09. The average Bonchev–Trinajstić information content (AvgIpc) is 2.75. The van der Waals surface area contributed by atoms with Gasteiger partial charge in [-0.2, -0.15) is 0 Å². The molecule has 0 spiro atoms. The molecule has 1 atom stereocenters. The molecule has 2 aromatic carbocycles. The number of hydrogen-bond acceptors (Lipinski definition) is 4. The quantitative estimate of drug-likeness (QED) is 0.590. The number of carbonyl (C=O) groups is 1. The summed E-state index contributed by atoms with van der Waals surface area (Å²) in [4.78, 5) is 12.4. The number of carbonyl (C=O) groups excluding carboxylic acids is 1. The standard InChI is InChI=1S/C23H31NO4/c1-5-17-9-12-19(13-10-17)28-20(6-2)23(25)24-15-7-8-18-11-14-21(26-3)22(16-18)27-4/h9-14,16,20H,5-8,15H2,1-4H3,(H,24,25)/t20-/m0/s1. The molecule has 0 saturated heterocycles. The molecular weight excluding hydrogens is 354 g/mol. The number of ether oxygens (including phenoxy) is 3. The van der Waals surface area contributed by atoms with Gasteiger partial charge in [0, 0.05) is 6.54 Å². The van der Waals surface area contributed by atoms with Crippen LogP contribution in [0.2, 0.25) is 0 Å². The van der Waals surface area contributed by atoms with Gasteiger partial charge in [0.15, 0.2) is 17.6 Å². The summed E-state index contributed by atoms with van der Waals surface area (Å²) in [7, 11) is 3.25. The van der Waals surface area contributed by atoms with Crippen LogP contribution in [0.1, 0.15) is 37.8 Å². The number of rotatable bonds is 11. The van der Waals surface area contributed by atoms with Crippen molar-refractivity contribution >= 4 is 5.91 Å². The minimum atomic E-state index is -0.478. The van der Waals surface area contributed by atoms with Gasteiger partial charge in [0.1, 0.15) is 5.75 Å². The summed E-state index contributed by atoms with van der Waals surface area (Å²) in [5.41, 5.74) is 2.39. The molecule has 2 rings (SSSR count). The molecule has 28 heavy (non-hydrogen) atoms. The van der Waals surface area contributed by atoms with E-state index in [9.17, 15) is 4.79 Å². The van der Waals surface area contributed by atoms with E-state index in [1.165, 1.54) is 5.56 Å². The second-order valence-corrected chi connectivity index (χ2v) is 6.60. The lowest BCUT2D eigenvalue weighted by atomic mass is 10.1. The first-order valence-corrected chi connectivity index (χ1v) is 9.85. The Hall–Kier alpha value is -2.69. The van der Waals surface area contributed by atoms with Crippen LogP contribution in [-0.4, -0.2) is 32.8 Å². The normalized spacial score (nSPS) is 11.6. The number of benzene rings is 2. The minimum absolute atomic E-state index is 0.0746. The third kappa shape index (κ3) is 6.19. The fraction of sp³-hybridized carbons (Fsp3) is 0.435. The molecule has 0 aliphatic heterocycles. The van der Waals surface area contributed by atoms with Crippen LogP contribution in [-0.2, 0) is 17.6 Å². The molecule has 1 N–H and O–H groups in total. The summed E-state index contributed by atoms with van der Waals surface area (Å²) < 4.78 is 16.4. The molecule has 5 heteroatoms. The molecule has 0 heterocycles. The van der Waals surface area contributed by atoms with Crippen molar-refractivity contribution < 1.29 is 19.0 Å². The lowest BCUT2D eigenvalue weighted by Crippen LogP contribution is -2.38. The lowest BCUT2D eigenvalue weighted by Gasteiger charge is -2.17. The third-order valence-electron chi connectivity index (χ3n) is 4.66. The summed E-state index contributed by atoms with van der Waals surface area (Å²) in [5, 5.41) is 2.98. The predicted octanol–water partition coefficient (Wildman–Crippen LogP) is 4.17. The van der Waals surface area contributed by atoms with Gasteiger partial charge >= 0.3 is 0 Å². The van der Waals surface area contributed by atoms with E-state index in [4.69, 9.17) is 14.2 Å². The molecular formula is C23H31NO4. The Morgan fingerprint density at radius 3 is 2.25 bits per heavy atom. The second-order valence-electron chi connectivity index (χ2n) is 6.60. The molecule has 0 radical (unpaired) electrons. The zero-order chi connectivity index (χ0) is 20.4. The molecule has 5 nitrogen and oxygen atoms in total. The topological polar surface area (TPSA) is 56.8 Å². The average molecular weight is 386 g/mol. The molecule has 1 amide bonds. The van der Waals surface area contributed by atoms with Gasteiger partial charge in [-0.05, 0) is 61.1 Å². The van der Waals surface area contributed by atoms with Gasteiger partial charge in [-0.3, -0.25) is 4.79 Å². The predicted molar refractivity (Wildman–Crippen MR) is 111 cm³/mol. The first-order valence-electron chi connectivity index (χ1n) is 9.85. The van der Waals surface area contributed by atoms with Gasteiger partial charge in [-0.15, -0.1) is 0 Å². The molecule has 0 aliphatic carbocycles. The van der Waals surface area contributed by atoms with Crippen molar-refractivity contribution in [1.29, 1.82) is 0 Å². The van der Waals surface area contributed by atoms with Crippen LogP contribution in [0.5, 0.6) is 17.2 Å². The van der Waals surface area contributed by atoms with Crippen molar-refractivity contribution in [2.24, 2.45) is 0 Å². The van der Waals surface area contributed by atoms with E-state index in [2.05, 4.69) is 12.2 Å². The van der Waals surface area contributed by atoms with Crippen LogP contribution in [0, 0.1) is 0 Å². The van der Waals surface area contributed by atoms with E-state index in [1.807, 2.05) is 49.4 Å². The number of amides is 1. The molecule has 152 valence electrons. The van der Waals surface area contributed by atoms with Crippen molar-refractivity contribution in [3.8, 4) is 17.2 Å². The Labute approximate surface area is 168 Å². The van der Waals surface area contributed by atoms with E-state index < -0.39 is 6.10 Å². The van der Waals surface area contributed by atoms with Gasteiger partial charge in [-0.25, -0.2) is 0 Å². The van der Waals surface area contributed by atoms with E-state index >= 15 is 0 Å². The maximum Gasteiger partial charge on any atom is 0.261 e. The van der Waals surface area contributed by atoms with Crippen molar-refractivity contribution in [3.63, 3.8) is 0 Å². The maximum atomic E-state index is 12.4. The molecule has 0 saturated carbocycles. The highest BCUT2D eigenvalue weighted by molar-refractivity contribution is 5.81. The Morgan fingerprint density at radius 1 is 0.964 bits per heavy atom. The number of methoxy groups -OCH3 is 2. The van der Waals surface area contributed by atoms with E-state index in [-0.39, 0.29) is 5.91 Å². The van der Waals surface area contributed by atoms with Gasteiger partial charge in [0.25, 0.3) is 5.91 Å². The lowest BCUT2D eigenvalue weighted by molar-refractivity contribution is -0.128. The Bertz CT molecular complexity index is 743. The van der Waals surface area contributed by atoms with Crippen molar-refractivity contribution in [3.05, 3.63) is 53.6 Å². The van der Waals surface area contributed by atoms with Crippen molar-refractivity contribution in [2.45, 2.75) is 45.6 Å². The van der Waals surface area contributed by atoms with Gasteiger partial charge < -0.3 is 19.5 Å². The highest BCUT2D eigenvalue weighted by atomic mass is 16.5. The van der Waals surface area contributed by atoms with Crippen LogP contribution in [0.3, 0.4) is 0 Å². The fourth-order valence-corrected chi connectivity index (χ4v) is 2.94. The Kier molecular flexibility index (Phi) is 8.66. The van der Waals surface area contributed by atoms with Crippen molar-refractivity contribution in [2.75, 3.05) is 20.8 Å². The van der Waals surface area contributed by atoms with Crippen molar-refractivity contribution in [1.82, 2.24) is 5.32 Å². The third-order valence-corrected chi connectivity index (χ3v) is 4.66. The summed E-state index contributed by atoms with van der Waals surface area (Å²) >= 11 is 0. The van der Waals surface area contributed by atoms with Crippen LogP contribution >= 0.6 is 0 Å². The van der Waals surface area contributed by atoms with E-state index in [0.717, 1.165) is 42.1 Å². The molecule has 0 bridgehead atoms. The molecule has 0 fully saturated rings. The largest absolute Gasteiger partial charge is 0.493 e. The SMILES string of the molecule is CCc1ccc(O[C@@H](CC)C(=O)NCCCc2ccc(OC)c(OC)c2)cc1. The van der Waals surface area contributed by atoms with Crippen LogP contribution < -0.4 is 19.5 Å². The maximum absolute atomic E-state index is 12.4. The zero-order valence-electron chi connectivity index (χ0n) is 17.3. The highest BCUT2D eigenvalue weighted by Crippen LogP contribution is 2.27. The first-order chi connectivity index (χ1) is 13.6. The van der Waals surface area contributed by atoms with Crippen LogP contribution in [0.25, 0.3) is 0 Å². The first kappa shape index (κ1) is 21.6. The van der Waals surface area contributed by atoms with Gasteiger partial charge in [0.05, 0.1) is 14.2 Å². The van der Waals surface area contributed by atoms with E-state index in [1.54, 1.807) is 14.2 Å². The summed E-state index contributed by atoms with van der Waals surface area (Å²) in [6.45, 7) is 4.66. The second kappa shape index (κ2) is 11.2. The molecule has 0 aliphatic rings. The molecule has 2 aromatic rings. The number of nitrogens with one attached hydrogen (secondary N) is 1. The number of hydrogen-bond donors (Lipinski definition) is 1. The Morgan fingerprint density at radius 2 is 1.64 bits per heavy atom. The van der Waals surface area contributed by atoms with Crippen LogP contribution in [0.15, 0.2) is 42.5 Å². The minimum Gasteiger partial charge on any atom is -0.493 e. The van der Waals surface area contributed by atoms with Gasteiger partial charge in [-0.1, -0.05) is 32.0 Å². The Balaban J connectivity index is 1.80. The molecule has 0 unspecified atom stereocenters. The number of aryl methyl sites for hydroxylation is 2. The smallest absolute Gasteiger partial charge is 0.261 e. The highest BCUT2D eigenvalue weighted by Gasteiger charge is 2.17. The molecule has 0 aromatic heterocycles. The summed E-state index contributed by atoms with van der Waals surface area (Å²) in [6, 6.07) is 13.8. The summed E-state index contributed by atoms with van der Waals surface area (Å²) in [6.07, 6.45) is 2.81. The zero-order valence-corrected chi connectivity index (χ0v) is 17.3. The monoisotopic (exact) mass is 385 g/mol. The van der Waals surface area contributed by atoms with E-state index in [0.29, 0.717) is 13.0 Å². The van der Waals surface area contributed by atoms with Gasteiger partial charge in [0.2, 0.25) is 0 Å². The van der Waals surface area contributed by atoms with Crippen LogP contribution in [0.4, 0.5) is 0 Å².